The molecule has 1 aromatic rings. The molecule has 0 bridgehead atoms. The summed E-state index contributed by atoms with van der Waals surface area (Å²) < 4.78 is 15.9. The lowest BCUT2D eigenvalue weighted by Crippen LogP contribution is -2.39. The largest absolute Gasteiger partial charge is 0.384 e. The van der Waals surface area contributed by atoms with Crippen molar-refractivity contribution in [1.82, 2.24) is 15.5 Å². The molecular weight excluding hydrogens is 298 g/mol. The number of methoxy groups -OCH3 is 1. The Morgan fingerprint density at radius 3 is 2.61 bits per heavy atom. The van der Waals surface area contributed by atoms with E-state index in [1.165, 1.54) is 0 Å². The summed E-state index contributed by atoms with van der Waals surface area (Å²) in [4.78, 5) is 16.9. The van der Waals surface area contributed by atoms with Gasteiger partial charge in [0.05, 0.1) is 12.5 Å². The van der Waals surface area contributed by atoms with E-state index in [0.717, 1.165) is 12.8 Å². The van der Waals surface area contributed by atoms with Gasteiger partial charge in [0.15, 0.2) is 5.82 Å². The fourth-order valence-electron chi connectivity index (χ4n) is 2.66. The van der Waals surface area contributed by atoms with Gasteiger partial charge in [-0.2, -0.15) is 4.98 Å². The van der Waals surface area contributed by atoms with E-state index in [-0.39, 0.29) is 29.7 Å². The molecule has 0 aromatic carbocycles. The zero-order valence-corrected chi connectivity index (χ0v) is 14.4. The van der Waals surface area contributed by atoms with Gasteiger partial charge in [0.25, 0.3) is 0 Å². The molecule has 1 aromatic heterocycles. The minimum Gasteiger partial charge on any atom is -0.384 e. The van der Waals surface area contributed by atoms with Crippen molar-refractivity contribution >= 4 is 5.91 Å². The summed E-state index contributed by atoms with van der Waals surface area (Å²) in [5.74, 6) is 1.28. The van der Waals surface area contributed by atoms with Gasteiger partial charge in [0.1, 0.15) is 6.04 Å². The number of carbonyl (C=O) groups is 1. The Morgan fingerprint density at radius 2 is 2.04 bits per heavy atom. The molecule has 0 saturated carbocycles. The molecule has 1 aliphatic rings. The van der Waals surface area contributed by atoms with Crippen LogP contribution in [-0.4, -0.2) is 43.0 Å². The Kier molecular flexibility index (Phi) is 6.53. The zero-order chi connectivity index (χ0) is 16.8. The molecule has 2 heterocycles. The second-order valence-electron chi connectivity index (χ2n) is 6.44. The van der Waals surface area contributed by atoms with Crippen molar-refractivity contribution in [3.63, 3.8) is 0 Å². The van der Waals surface area contributed by atoms with Gasteiger partial charge >= 0.3 is 0 Å². The summed E-state index contributed by atoms with van der Waals surface area (Å²) >= 11 is 0. The first-order valence-corrected chi connectivity index (χ1v) is 8.23. The van der Waals surface area contributed by atoms with Crippen LogP contribution in [0.1, 0.15) is 57.3 Å². The molecule has 0 radical (unpaired) electrons. The fourth-order valence-corrected chi connectivity index (χ4v) is 2.66. The molecular formula is C16H27N3O4. The summed E-state index contributed by atoms with van der Waals surface area (Å²) in [6.45, 7) is 7.63. The highest BCUT2D eigenvalue weighted by Gasteiger charge is 2.32. The average molecular weight is 325 g/mol. The number of aromatic nitrogens is 2. The lowest BCUT2D eigenvalue weighted by atomic mass is 9.91. The van der Waals surface area contributed by atoms with Gasteiger partial charge in [0.2, 0.25) is 11.8 Å². The van der Waals surface area contributed by atoms with Crippen LogP contribution in [0.3, 0.4) is 0 Å². The van der Waals surface area contributed by atoms with Gasteiger partial charge in [-0.05, 0) is 18.8 Å². The highest BCUT2D eigenvalue weighted by molar-refractivity contribution is 5.78. The maximum Gasteiger partial charge on any atom is 0.249 e. The Labute approximate surface area is 137 Å². The predicted octanol–water partition coefficient (Wildman–Crippen LogP) is 2.06. The van der Waals surface area contributed by atoms with Gasteiger partial charge in [-0.3, -0.25) is 4.79 Å². The van der Waals surface area contributed by atoms with Crippen LogP contribution in [0.25, 0.3) is 0 Å². The Bertz CT molecular complexity index is 497. The third-order valence-electron chi connectivity index (χ3n) is 4.14. The molecule has 23 heavy (non-hydrogen) atoms. The minimum absolute atomic E-state index is 0.0624. The number of nitrogens with zero attached hydrogens (tertiary/aromatic N) is 2. The number of ether oxygens (including phenoxy) is 2. The molecule has 2 rings (SSSR count). The van der Waals surface area contributed by atoms with Crippen LogP contribution in [0.5, 0.6) is 0 Å². The summed E-state index contributed by atoms with van der Waals surface area (Å²) in [6.07, 6.45) is 1.73. The Morgan fingerprint density at radius 1 is 1.35 bits per heavy atom. The molecule has 1 amide bonds. The highest BCUT2D eigenvalue weighted by Crippen LogP contribution is 2.30. The first-order valence-electron chi connectivity index (χ1n) is 8.23. The third-order valence-corrected chi connectivity index (χ3v) is 4.14. The van der Waals surface area contributed by atoms with Crippen LogP contribution >= 0.6 is 0 Å². The summed E-state index contributed by atoms with van der Waals surface area (Å²) in [7, 11) is 1.59. The summed E-state index contributed by atoms with van der Waals surface area (Å²) in [6, 6.07) is -0.272. The molecule has 7 nitrogen and oxygen atoms in total. The van der Waals surface area contributed by atoms with Gasteiger partial charge in [-0.15, -0.1) is 0 Å². The molecule has 0 aliphatic carbocycles. The van der Waals surface area contributed by atoms with E-state index in [1.807, 2.05) is 20.8 Å². The first kappa shape index (κ1) is 17.9. The van der Waals surface area contributed by atoms with E-state index in [0.29, 0.717) is 31.5 Å². The molecule has 1 saturated heterocycles. The molecule has 130 valence electrons. The van der Waals surface area contributed by atoms with Crippen LogP contribution in [-0.2, 0) is 14.3 Å². The van der Waals surface area contributed by atoms with E-state index in [1.54, 1.807) is 7.11 Å². The van der Waals surface area contributed by atoms with Gasteiger partial charge in [-0.1, -0.05) is 25.9 Å². The van der Waals surface area contributed by atoms with E-state index >= 15 is 0 Å². The monoisotopic (exact) mass is 325 g/mol. The van der Waals surface area contributed by atoms with Crippen molar-refractivity contribution in [2.75, 3.05) is 26.9 Å². The van der Waals surface area contributed by atoms with Crippen LogP contribution in [0.15, 0.2) is 4.52 Å². The zero-order valence-electron chi connectivity index (χ0n) is 14.4. The Balaban J connectivity index is 2.15. The second-order valence-corrected chi connectivity index (χ2v) is 6.44. The van der Waals surface area contributed by atoms with Crippen molar-refractivity contribution in [1.29, 1.82) is 0 Å². The average Bonchev–Trinajstić information content (AvgIpc) is 3.03. The second kappa shape index (κ2) is 8.40. The van der Waals surface area contributed by atoms with E-state index in [2.05, 4.69) is 15.5 Å². The highest BCUT2D eigenvalue weighted by atomic mass is 16.5. The van der Waals surface area contributed by atoms with E-state index in [4.69, 9.17) is 14.0 Å². The first-order chi connectivity index (χ1) is 11.0. The summed E-state index contributed by atoms with van der Waals surface area (Å²) in [5, 5.41) is 7.10. The fraction of sp³-hybridized carbons (Fsp3) is 0.812. The van der Waals surface area contributed by atoms with Crippen LogP contribution in [0.4, 0.5) is 0 Å². The molecule has 0 spiro atoms. The van der Waals surface area contributed by atoms with Crippen molar-refractivity contribution in [3.05, 3.63) is 11.7 Å². The number of hydrogen-bond donors (Lipinski definition) is 1. The van der Waals surface area contributed by atoms with Gasteiger partial charge < -0.3 is 19.3 Å². The number of hydrogen-bond acceptors (Lipinski definition) is 6. The maximum atomic E-state index is 12.4. The number of nitrogens with one attached hydrogen (secondary N) is 1. The van der Waals surface area contributed by atoms with Crippen molar-refractivity contribution in [3.8, 4) is 0 Å². The summed E-state index contributed by atoms with van der Waals surface area (Å²) in [5.41, 5.74) is 0. The molecule has 1 N–H and O–H groups in total. The molecule has 2 atom stereocenters. The number of amides is 1. The quantitative estimate of drug-likeness (QED) is 0.826. The molecule has 0 unspecified atom stereocenters. The third kappa shape index (κ3) is 4.75. The van der Waals surface area contributed by atoms with Gasteiger partial charge in [0, 0.05) is 26.2 Å². The molecule has 1 aliphatic heterocycles. The SMILES string of the molecule is COC[C@H](C)C(=O)N[C@@H](c1nc(C(C)C)no1)C1CCOCC1. The van der Waals surface area contributed by atoms with E-state index in [9.17, 15) is 4.79 Å². The topological polar surface area (TPSA) is 86.5 Å². The normalized spacial score (nSPS) is 18.8. The van der Waals surface area contributed by atoms with Crippen molar-refractivity contribution in [2.45, 2.75) is 45.6 Å². The van der Waals surface area contributed by atoms with Gasteiger partial charge in [-0.25, -0.2) is 0 Å². The lowest BCUT2D eigenvalue weighted by molar-refractivity contribution is -0.127. The minimum atomic E-state index is -0.272. The molecule has 1 fully saturated rings. The Hall–Kier alpha value is -1.47. The van der Waals surface area contributed by atoms with Crippen LogP contribution in [0.2, 0.25) is 0 Å². The van der Waals surface area contributed by atoms with Crippen LogP contribution < -0.4 is 5.32 Å². The van der Waals surface area contributed by atoms with E-state index < -0.39 is 0 Å². The predicted molar refractivity (Wildman–Crippen MR) is 83.9 cm³/mol. The smallest absolute Gasteiger partial charge is 0.249 e. The number of rotatable bonds is 7. The standard InChI is InChI=1S/C16H27N3O4/c1-10(2)14-18-16(23-19-14)13(12-5-7-22-8-6-12)17-15(20)11(3)9-21-4/h10-13H,5-9H2,1-4H3,(H,17,20)/t11-,13+/m0/s1. The maximum absolute atomic E-state index is 12.4. The van der Waals surface area contributed by atoms with Crippen LogP contribution in [0, 0.1) is 11.8 Å². The lowest BCUT2D eigenvalue weighted by Gasteiger charge is -2.29. The molecule has 7 heteroatoms. The van der Waals surface area contributed by atoms with Crippen molar-refractivity contribution in [2.24, 2.45) is 11.8 Å². The van der Waals surface area contributed by atoms with Crippen molar-refractivity contribution < 1.29 is 18.8 Å². The number of carbonyl (C=O) groups excluding carboxylic acids is 1.